The topological polar surface area (TPSA) is 49.4 Å². The van der Waals surface area contributed by atoms with E-state index in [9.17, 15) is 8.42 Å². The highest BCUT2D eigenvalue weighted by atomic mass is 32.2. The standard InChI is InChI=1S/C14H24N2O2S/c1-5-15-10-13(3)19(17,18)16(4)11-14-8-6-7-12(2)9-14/h6-9,13,15H,5,10-11H2,1-4H3. The molecule has 0 aliphatic rings. The Morgan fingerprint density at radius 2 is 2.05 bits per heavy atom. The average molecular weight is 284 g/mol. The molecule has 4 nitrogen and oxygen atoms in total. The van der Waals surface area contributed by atoms with Crippen LogP contribution in [0.2, 0.25) is 0 Å². The predicted molar refractivity (Wildman–Crippen MR) is 79.6 cm³/mol. The Hall–Kier alpha value is -0.910. The van der Waals surface area contributed by atoms with Crippen LogP contribution >= 0.6 is 0 Å². The molecule has 0 aromatic heterocycles. The van der Waals surface area contributed by atoms with Gasteiger partial charge in [0.2, 0.25) is 10.0 Å². The summed E-state index contributed by atoms with van der Waals surface area (Å²) in [6, 6.07) is 7.92. The van der Waals surface area contributed by atoms with Crippen LogP contribution in [0, 0.1) is 6.92 Å². The van der Waals surface area contributed by atoms with Crippen LogP contribution in [-0.4, -0.2) is 38.1 Å². The number of hydrogen-bond acceptors (Lipinski definition) is 3. The van der Waals surface area contributed by atoms with Crippen molar-refractivity contribution in [2.24, 2.45) is 0 Å². The van der Waals surface area contributed by atoms with Gasteiger partial charge in [0.05, 0.1) is 5.25 Å². The van der Waals surface area contributed by atoms with E-state index in [2.05, 4.69) is 5.32 Å². The normalized spacial score (nSPS) is 13.7. The van der Waals surface area contributed by atoms with Gasteiger partial charge in [0.15, 0.2) is 0 Å². The summed E-state index contributed by atoms with van der Waals surface area (Å²) in [5.74, 6) is 0. The summed E-state index contributed by atoms with van der Waals surface area (Å²) in [7, 11) is -1.61. The van der Waals surface area contributed by atoms with E-state index in [1.54, 1.807) is 14.0 Å². The first-order valence-corrected chi connectivity index (χ1v) is 8.09. The van der Waals surface area contributed by atoms with Crippen molar-refractivity contribution in [3.63, 3.8) is 0 Å². The number of benzene rings is 1. The zero-order chi connectivity index (χ0) is 14.5. The SMILES string of the molecule is CCNCC(C)S(=O)(=O)N(C)Cc1cccc(C)c1. The number of sulfonamides is 1. The molecule has 108 valence electrons. The molecule has 5 heteroatoms. The zero-order valence-electron chi connectivity index (χ0n) is 12.2. The average Bonchev–Trinajstić information content (AvgIpc) is 2.35. The highest BCUT2D eigenvalue weighted by Gasteiger charge is 2.25. The largest absolute Gasteiger partial charge is 0.316 e. The van der Waals surface area contributed by atoms with Crippen LogP contribution in [0.25, 0.3) is 0 Å². The number of hydrogen-bond donors (Lipinski definition) is 1. The van der Waals surface area contributed by atoms with Crippen molar-refractivity contribution in [3.05, 3.63) is 35.4 Å². The van der Waals surface area contributed by atoms with Gasteiger partial charge >= 0.3 is 0 Å². The Labute approximate surface area is 116 Å². The molecule has 0 amide bonds. The maximum Gasteiger partial charge on any atom is 0.218 e. The van der Waals surface area contributed by atoms with Crippen molar-refractivity contribution in [1.82, 2.24) is 9.62 Å². The van der Waals surface area contributed by atoms with Crippen LogP contribution in [0.3, 0.4) is 0 Å². The summed E-state index contributed by atoms with van der Waals surface area (Å²) in [5, 5.41) is 2.66. The minimum Gasteiger partial charge on any atom is -0.316 e. The van der Waals surface area contributed by atoms with Crippen LogP contribution < -0.4 is 5.32 Å². The molecule has 0 fully saturated rings. The van der Waals surface area contributed by atoms with Crippen LogP contribution in [0.15, 0.2) is 24.3 Å². The fourth-order valence-electron chi connectivity index (χ4n) is 1.92. The molecule has 0 aliphatic carbocycles. The van der Waals surface area contributed by atoms with Crippen molar-refractivity contribution in [2.45, 2.75) is 32.6 Å². The van der Waals surface area contributed by atoms with E-state index in [0.29, 0.717) is 13.1 Å². The lowest BCUT2D eigenvalue weighted by Gasteiger charge is -2.22. The Morgan fingerprint density at radius 1 is 1.37 bits per heavy atom. The third-order valence-electron chi connectivity index (χ3n) is 3.11. The minimum absolute atomic E-state index is 0.415. The highest BCUT2D eigenvalue weighted by molar-refractivity contribution is 7.89. The van der Waals surface area contributed by atoms with Crippen LogP contribution in [-0.2, 0) is 16.6 Å². The molecule has 0 bridgehead atoms. The van der Waals surface area contributed by atoms with Gasteiger partial charge in [-0.1, -0.05) is 36.8 Å². The quantitative estimate of drug-likeness (QED) is 0.830. The molecule has 1 aromatic carbocycles. The summed E-state index contributed by atoms with van der Waals surface area (Å²) >= 11 is 0. The Kier molecular flexibility index (Phi) is 5.97. The van der Waals surface area contributed by atoms with E-state index in [4.69, 9.17) is 0 Å². The van der Waals surface area contributed by atoms with Crippen LogP contribution in [0.5, 0.6) is 0 Å². The molecule has 19 heavy (non-hydrogen) atoms. The molecule has 1 N–H and O–H groups in total. The third-order valence-corrected chi connectivity index (χ3v) is 5.29. The maximum absolute atomic E-state index is 12.3. The molecule has 1 atom stereocenters. The zero-order valence-corrected chi connectivity index (χ0v) is 13.0. The Balaban J connectivity index is 2.73. The lowest BCUT2D eigenvalue weighted by atomic mass is 10.1. The Bertz CT molecular complexity index is 500. The molecule has 0 saturated heterocycles. The summed E-state index contributed by atoms with van der Waals surface area (Å²) in [6.45, 7) is 7.39. The number of aryl methyl sites for hydroxylation is 1. The van der Waals surface area contributed by atoms with Gasteiger partial charge in [-0.25, -0.2) is 12.7 Å². The van der Waals surface area contributed by atoms with Crippen molar-refractivity contribution in [1.29, 1.82) is 0 Å². The molecule has 0 heterocycles. The van der Waals surface area contributed by atoms with Crippen molar-refractivity contribution in [3.8, 4) is 0 Å². The number of nitrogens with one attached hydrogen (secondary N) is 1. The first-order chi connectivity index (χ1) is 8.87. The van der Waals surface area contributed by atoms with Crippen LogP contribution in [0.4, 0.5) is 0 Å². The first-order valence-electron chi connectivity index (χ1n) is 6.59. The molecular formula is C14H24N2O2S. The van der Waals surface area contributed by atoms with Crippen molar-refractivity contribution in [2.75, 3.05) is 20.1 Å². The van der Waals surface area contributed by atoms with Crippen molar-refractivity contribution >= 4 is 10.0 Å². The van der Waals surface area contributed by atoms with E-state index >= 15 is 0 Å². The second-order valence-electron chi connectivity index (χ2n) is 4.91. The lowest BCUT2D eigenvalue weighted by molar-refractivity contribution is 0.454. The monoisotopic (exact) mass is 284 g/mol. The summed E-state index contributed by atoms with van der Waals surface area (Å²) in [5.41, 5.74) is 2.16. The van der Waals surface area contributed by atoms with Crippen LogP contribution in [0.1, 0.15) is 25.0 Å². The molecule has 0 saturated carbocycles. The second-order valence-corrected chi connectivity index (χ2v) is 7.37. The van der Waals surface area contributed by atoms with Gasteiger partial charge in [-0.05, 0) is 26.0 Å². The lowest BCUT2D eigenvalue weighted by Crippen LogP contribution is -2.39. The fraction of sp³-hybridized carbons (Fsp3) is 0.571. The highest BCUT2D eigenvalue weighted by Crippen LogP contribution is 2.12. The molecule has 1 rings (SSSR count). The van der Waals surface area contributed by atoms with E-state index in [-0.39, 0.29) is 0 Å². The van der Waals surface area contributed by atoms with Gasteiger partial charge < -0.3 is 5.32 Å². The summed E-state index contributed by atoms with van der Waals surface area (Å²) in [6.07, 6.45) is 0. The predicted octanol–water partition coefficient (Wildman–Crippen LogP) is 1.75. The summed E-state index contributed by atoms with van der Waals surface area (Å²) < 4.78 is 26.1. The molecule has 0 radical (unpaired) electrons. The molecule has 0 aliphatic heterocycles. The first kappa shape index (κ1) is 16.1. The Morgan fingerprint density at radius 3 is 2.63 bits per heavy atom. The van der Waals surface area contributed by atoms with E-state index < -0.39 is 15.3 Å². The van der Waals surface area contributed by atoms with Gasteiger partial charge in [-0.15, -0.1) is 0 Å². The van der Waals surface area contributed by atoms with E-state index in [0.717, 1.165) is 17.7 Å². The van der Waals surface area contributed by atoms with Crippen molar-refractivity contribution < 1.29 is 8.42 Å². The van der Waals surface area contributed by atoms with E-state index in [1.807, 2.05) is 38.1 Å². The number of nitrogens with zero attached hydrogens (tertiary/aromatic N) is 1. The third kappa shape index (κ3) is 4.60. The number of rotatable bonds is 7. The van der Waals surface area contributed by atoms with Gasteiger partial charge in [-0.3, -0.25) is 0 Å². The van der Waals surface area contributed by atoms with Gasteiger partial charge in [0.25, 0.3) is 0 Å². The van der Waals surface area contributed by atoms with E-state index in [1.165, 1.54) is 4.31 Å². The van der Waals surface area contributed by atoms with Gasteiger partial charge in [-0.2, -0.15) is 0 Å². The molecular weight excluding hydrogens is 260 g/mol. The van der Waals surface area contributed by atoms with Gasteiger partial charge in [0.1, 0.15) is 0 Å². The molecule has 0 spiro atoms. The minimum atomic E-state index is -3.25. The molecule has 1 aromatic rings. The molecule has 1 unspecified atom stereocenters. The second kappa shape index (κ2) is 7.03. The van der Waals surface area contributed by atoms with Gasteiger partial charge in [0, 0.05) is 20.1 Å². The maximum atomic E-state index is 12.3. The fourth-order valence-corrected chi connectivity index (χ4v) is 3.19. The summed E-state index contributed by atoms with van der Waals surface area (Å²) in [4.78, 5) is 0. The smallest absolute Gasteiger partial charge is 0.218 e.